The number of halogens is 1. The van der Waals surface area contributed by atoms with Gasteiger partial charge in [-0.1, -0.05) is 35.9 Å². The summed E-state index contributed by atoms with van der Waals surface area (Å²) in [5.41, 5.74) is 3.91. The van der Waals surface area contributed by atoms with E-state index >= 15 is 0 Å². The van der Waals surface area contributed by atoms with Crippen LogP contribution in [-0.4, -0.2) is 5.78 Å². The molecule has 92 valence electrons. The molecule has 2 aromatic rings. The fourth-order valence-corrected chi connectivity index (χ4v) is 2.24. The summed E-state index contributed by atoms with van der Waals surface area (Å²) in [5, 5.41) is 0.667. The fraction of sp³-hybridized carbons (Fsp3) is 0.188. The molecular weight excluding hydrogens is 244 g/mol. The molecule has 0 heterocycles. The van der Waals surface area contributed by atoms with Gasteiger partial charge in [-0.25, -0.2) is 0 Å². The van der Waals surface area contributed by atoms with Crippen molar-refractivity contribution in [3.8, 4) is 0 Å². The van der Waals surface area contributed by atoms with Crippen LogP contribution in [0, 0.1) is 13.8 Å². The summed E-state index contributed by atoms with van der Waals surface area (Å²) in [6.07, 6.45) is 0.440. The summed E-state index contributed by atoms with van der Waals surface area (Å²) >= 11 is 5.90. The van der Waals surface area contributed by atoms with E-state index in [0.717, 1.165) is 22.3 Å². The highest BCUT2D eigenvalue weighted by Crippen LogP contribution is 2.18. The first kappa shape index (κ1) is 12.8. The Hall–Kier alpha value is -1.60. The Balaban J connectivity index is 2.25. The molecule has 0 aromatic heterocycles. The second-order valence-corrected chi connectivity index (χ2v) is 4.92. The van der Waals surface area contributed by atoms with Crippen molar-refractivity contribution in [1.29, 1.82) is 0 Å². The van der Waals surface area contributed by atoms with Crippen LogP contribution in [-0.2, 0) is 6.42 Å². The summed E-state index contributed by atoms with van der Waals surface area (Å²) in [5.74, 6) is 0.137. The minimum atomic E-state index is 0.137. The van der Waals surface area contributed by atoms with E-state index in [9.17, 15) is 4.79 Å². The van der Waals surface area contributed by atoms with Gasteiger partial charge in [0.2, 0.25) is 0 Å². The van der Waals surface area contributed by atoms with Crippen molar-refractivity contribution in [2.24, 2.45) is 0 Å². The van der Waals surface area contributed by atoms with Crippen molar-refractivity contribution in [1.82, 2.24) is 0 Å². The topological polar surface area (TPSA) is 17.1 Å². The molecule has 0 unspecified atom stereocenters. The van der Waals surface area contributed by atoms with E-state index in [-0.39, 0.29) is 5.78 Å². The first-order valence-corrected chi connectivity index (χ1v) is 6.29. The van der Waals surface area contributed by atoms with Crippen molar-refractivity contribution in [2.75, 3.05) is 0 Å². The second-order valence-electron chi connectivity index (χ2n) is 4.49. The van der Waals surface area contributed by atoms with Gasteiger partial charge >= 0.3 is 0 Å². The quantitative estimate of drug-likeness (QED) is 0.747. The third-order valence-corrected chi connectivity index (χ3v) is 3.34. The molecule has 0 amide bonds. The zero-order valence-corrected chi connectivity index (χ0v) is 11.3. The third kappa shape index (κ3) is 2.80. The molecule has 0 fully saturated rings. The molecule has 2 rings (SSSR count). The van der Waals surface area contributed by atoms with E-state index in [1.807, 2.05) is 44.2 Å². The molecule has 0 bridgehead atoms. The molecule has 0 N–H and O–H groups in total. The molecule has 0 aliphatic rings. The normalized spacial score (nSPS) is 10.4. The Labute approximate surface area is 112 Å². The summed E-state index contributed by atoms with van der Waals surface area (Å²) in [6.45, 7) is 3.94. The van der Waals surface area contributed by atoms with Gasteiger partial charge in [0.05, 0.1) is 0 Å². The minimum absolute atomic E-state index is 0.137. The number of hydrogen-bond donors (Lipinski definition) is 0. The number of carbonyl (C=O) groups is 1. The average molecular weight is 259 g/mol. The lowest BCUT2D eigenvalue weighted by atomic mass is 9.97. The molecule has 2 heteroatoms. The van der Waals surface area contributed by atoms with E-state index < -0.39 is 0 Å². The number of rotatable bonds is 3. The standard InChI is InChI=1S/C16H15ClO/c1-11-5-3-4-6-13(11)10-16(18)15-8-7-14(17)9-12(15)2/h3-9H,10H2,1-2H3. The molecule has 0 atom stereocenters. The number of ketones is 1. The summed E-state index contributed by atoms with van der Waals surface area (Å²) in [7, 11) is 0. The first-order chi connectivity index (χ1) is 8.58. The van der Waals surface area contributed by atoms with Gasteiger partial charge in [0.15, 0.2) is 5.78 Å². The predicted octanol–water partition coefficient (Wildman–Crippen LogP) is 4.38. The van der Waals surface area contributed by atoms with Gasteiger partial charge in [-0.2, -0.15) is 0 Å². The predicted molar refractivity (Wildman–Crippen MR) is 75.4 cm³/mol. The van der Waals surface area contributed by atoms with E-state index in [0.29, 0.717) is 11.4 Å². The van der Waals surface area contributed by atoms with Gasteiger partial charge in [0, 0.05) is 17.0 Å². The van der Waals surface area contributed by atoms with E-state index in [1.54, 1.807) is 12.1 Å². The van der Waals surface area contributed by atoms with Crippen LogP contribution in [0.4, 0.5) is 0 Å². The van der Waals surface area contributed by atoms with E-state index in [4.69, 9.17) is 11.6 Å². The largest absolute Gasteiger partial charge is 0.294 e. The number of Topliss-reactive ketones (excluding diaryl/α,β-unsaturated/α-hetero) is 1. The number of hydrogen-bond acceptors (Lipinski definition) is 1. The van der Waals surface area contributed by atoms with Crippen LogP contribution in [0.1, 0.15) is 27.0 Å². The van der Waals surface area contributed by atoms with E-state index in [2.05, 4.69) is 0 Å². The van der Waals surface area contributed by atoms with Crippen molar-refractivity contribution in [3.63, 3.8) is 0 Å². The number of benzene rings is 2. The average Bonchev–Trinajstić information content (AvgIpc) is 2.32. The third-order valence-electron chi connectivity index (χ3n) is 3.10. The SMILES string of the molecule is Cc1ccccc1CC(=O)c1ccc(Cl)cc1C. The van der Waals surface area contributed by atoms with Gasteiger partial charge in [-0.05, 0) is 48.7 Å². The van der Waals surface area contributed by atoms with Crippen molar-refractivity contribution >= 4 is 17.4 Å². The van der Waals surface area contributed by atoms with Crippen molar-refractivity contribution in [3.05, 3.63) is 69.7 Å². The molecular formula is C16H15ClO. The van der Waals surface area contributed by atoms with Crippen LogP contribution in [0.3, 0.4) is 0 Å². The smallest absolute Gasteiger partial charge is 0.167 e. The van der Waals surface area contributed by atoms with Crippen molar-refractivity contribution in [2.45, 2.75) is 20.3 Å². The van der Waals surface area contributed by atoms with Gasteiger partial charge in [-0.3, -0.25) is 4.79 Å². The van der Waals surface area contributed by atoms with Crippen LogP contribution in [0.5, 0.6) is 0 Å². The lowest BCUT2D eigenvalue weighted by molar-refractivity contribution is 0.0992. The van der Waals surface area contributed by atoms with E-state index in [1.165, 1.54) is 0 Å². The maximum Gasteiger partial charge on any atom is 0.167 e. The summed E-state index contributed by atoms with van der Waals surface area (Å²) < 4.78 is 0. The molecule has 0 aliphatic heterocycles. The van der Waals surface area contributed by atoms with Gasteiger partial charge in [-0.15, -0.1) is 0 Å². The molecule has 1 nitrogen and oxygen atoms in total. The first-order valence-electron chi connectivity index (χ1n) is 5.92. The number of carbonyl (C=O) groups excluding carboxylic acids is 1. The molecule has 2 aromatic carbocycles. The molecule has 18 heavy (non-hydrogen) atoms. The van der Waals surface area contributed by atoms with Crippen LogP contribution in [0.25, 0.3) is 0 Å². The van der Waals surface area contributed by atoms with Gasteiger partial charge in [0.1, 0.15) is 0 Å². The van der Waals surface area contributed by atoms with Crippen LogP contribution < -0.4 is 0 Å². The highest BCUT2D eigenvalue weighted by Gasteiger charge is 2.11. The Bertz CT molecular complexity index is 587. The Morgan fingerprint density at radius 1 is 1.06 bits per heavy atom. The Morgan fingerprint density at radius 3 is 2.44 bits per heavy atom. The maximum atomic E-state index is 12.3. The summed E-state index contributed by atoms with van der Waals surface area (Å²) in [4.78, 5) is 12.3. The fourth-order valence-electron chi connectivity index (χ4n) is 2.02. The van der Waals surface area contributed by atoms with Gasteiger partial charge < -0.3 is 0 Å². The minimum Gasteiger partial charge on any atom is -0.294 e. The Morgan fingerprint density at radius 2 is 1.78 bits per heavy atom. The molecule has 0 radical (unpaired) electrons. The monoisotopic (exact) mass is 258 g/mol. The lowest BCUT2D eigenvalue weighted by Gasteiger charge is -2.07. The lowest BCUT2D eigenvalue weighted by Crippen LogP contribution is -2.06. The zero-order chi connectivity index (χ0) is 13.1. The molecule has 0 saturated heterocycles. The van der Waals surface area contributed by atoms with Gasteiger partial charge in [0.25, 0.3) is 0 Å². The summed E-state index contributed by atoms with van der Waals surface area (Å²) in [6, 6.07) is 13.4. The van der Waals surface area contributed by atoms with Crippen LogP contribution >= 0.6 is 11.6 Å². The van der Waals surface area contributed by atoms with Crippen LogP contribution in [0.15, 0.2) is 42.5 Å². The van der Waals surface area contributed by atoms with Crippen LogP contribution in [0.2, 0.25) is 5.02 Å². The zero-order valence-electron chi connectivity index (χ0n) is 10.5. The Kier molecular flexibility index (Phi) is 3.83. The highest BCUT2D eigenvalue weighted by atomic mass is 35.5. The molecule has 0 spiro atoms. The molecule has 0 saturated carbocycles. The maximum absolute atomic E-state index is 12.3. The number of aryl methyl sites for hydroxylation is 2. The second kappa shape index (κ2) is 5.36. The molecule has 0 aliphatic carbocycles. The highest BCUT2D eigenvalue weighted by molar-refractivity contribution is 6.30. The van der Waals surface area contributed by atoms with Crippen molar-refractivity contribution < 1.29 is 4.79 Å².